The second-order valence-corrected chi connectivity index (χ2v) is 5.20. The van der Waals surface area contributed by atoms with Crippen LogP contribution in [0.3, 0.4) is 0 Å². The smallest absolute Gasteiger partial charge is 0.260 e. The van der Waals surface area contributed by atoms with Gasteiger partial charge in [-0.2, -0.15) is 0 Å². The second kappa shape index (κ2) is 6.01. The van der Waals surface area contributed by atoms with Crippen molar-refractivity contribution >= 4 is 28.8 Å². The summed E-state index contributed by atoms with van der Waals surface area (Å²) in [7, 11) is 1.59. The number of benzene rings is 2. The van der Waals surface area contributed by atoms with Crippen molar-refractivity contribution in [3.05, 3.63) is 65.0 Å². The Bertz CT molecular complexity index is 698. The van der Waals surface area contributed by atoms with Gasteiger partial charge < -0.3 is 10.6 Å². The second-order valence-electron chi connectivity index (χ2n) is 4.76. The normalized spacial score (nSPS) is 10.2. The average Bonchev–Trinajstić information content (AvgIpc) is 2.46. The number of rotatable bonds is 3. The molecule has 3 nitrogen and oxygen atoms in total. The summed E-state index contributed by atoms with van der Waals surface area (Å²) in [5, 5.41) is 0. The van der Waals surface area contributed by atoms with Crippen molar-refractivity contribution in [2.24, 2.45) is 5.73 Å². The van der Waals surface area contributed by atoms with Gasteiger partial charge in [-0.05, 0) is 48.9 Å². The number of anilines is 1. The molecule has 5 heteroatoms. The Morgan fingerprint density at radius 1 is 1.19 bits per heavy atom. The van der Waals surface area contributed by atoms with Gasteiger partial charge in [0.15, 0.2) is 0 Å². The molecule has 0 heterocycles. The summed E-state index contributed by atoms with van der Waals surface area (Å²) in [6, 6.07) is 11.4. The summed E-state index contributed by atoms with van der Waals surface area (Å²) in [6.07, 6.45) is 0. The van der Waals surface area contributed by atoms with Gasteiger partial charge in [0, 0.05) is 18.3 Å². The molecular formula is C16H15FN2OS. The Labute approximate surface area is 128 Å². The van der Waals surface area contributed by atoms with Crippen molar-refractivity contribution in [2.75, 3.05) is 11.9 Å². The molecule has 0 aliphatic rings. The van der Waals surface area contributed by atoms with E-state index in [1.165, 1.54) is 17.0 Å². The zero-order valence-electron chi connectivity index (χ0n) is 11.8. The van der Waals surface area contributed by atoms with E-state index < -0.39 is 11.7 Å². The van der Waals surface area contributed by atoms with Gasteiger partial charge in [-0.15, -0.1) is 0 Å². The number of aryl methyl sites for hydroxylation is 1. The van der Waals surface area contributed by atoms with Crippen LogP contribution in [-0.4, -0.2) is 17.9 Å². The SMILES string of the molecule is Cc1ccc(C(=O)N(C)c2ccc(C(N)=S)cc2)c(F)c1. The van der Waals surface area contributed by atoms with Crippen LogP contribution in [0, 0.1) is 12.7 Å². The number of hydrogen-bond donors (Lipinski definition) is 1. The topological polar surface area (TPSA) is 46.3 Å². The van der Waals surface area contributed by atoms with E-state index in [0.29, 0.717) is 10.7 Å². The number of nitrogens with two attached hydrogens (primary N) is 1. The highest BCUT2D eigenvalue weighted by atomic mass is 32.1. The van der Waals surface area contributed by atoms with Crippen molar-refractivity contribution < 1.29 is 9.18 Å². The van der Waals surface area contributed by atoms with Crippen molar-refractivity contribution in [1.29, 1.82) is 0 Å². The first-order valence-corrected chi connectivity index (χ1v) is 6.75. The minimum absolute atomic E-state index is 0.0431. The Morgan fingerprint density at radius 3 is 2.33 bits per heavy atom. The van der Waals surface area contributed by atoms with E-state index in [1.807, 2.05) is 0 Å². The average molecular weight is 302 g/mol. The maximum Gasteiger partial charge on any atom is 0.260 e. The van der Waals surface area contributed by atoms with Gasteiger partial charge in [0.05, 0.1) is 5.56 Å². The molecule has 108 valence electrons. The third-order valence-electron chi connectivity index (χ3n) is 3.20. The van der Waals surface area contributed by atoms with Crippen LogP contribution in [0.4, 0.5) is 10.1 Å². The minimum Gasteiger partial charge on any atom is -0.389 e. The van der Waals surface area contributed by atoms with Crippen LogP contribution in [0.5, 0.6) is 0 Å². The number of amides is 1. The van der Waals surface area contributed by atoms with E-state index in [2.05, 4.69) is 0 Å². The van der Waals surface area contributed by atoms with Crippen molar-refractivity contribution in [3.8, 4) is 0 Å². The van der Waals surface area contributed by atoms with E-state index >= 15 is 0 Å². The number of thiocarbonyl (C=S) groups is 1. The highest BCUT2D eigenvalue weighted by Gasteiger charge is 2.17. The van der Waals surface area contributed by atoms with E-state index in [4.69, 9.17) is 18.0 Å². The summed E-state index contributed by atoms with van der Waals surface area (Å²) in [5.74, 6) is -0.929. The lowest BCUT2D eigenvalue weighted by molar-refractivity contribution is 0.0989. The van der Waals surface area contributed by atoms with Gasteiger partial charge in [-0.25, -0.2) is 4.39 Å². The summed E-state index contributed by atoms with van der Waals surface area (Å²) in [4.78, 5) is 14.0. The lowest BCUT2D eigenvalue weighted by Crippen LogP contribution is -2.27. The summed E-state index contributed by atoms with van der Waals surface area (Å²) < 4.78 is 13.9. The standard InChI is InChI=1S/C16H15FN2OS/c1-10-3-8-13(14(17)9-10)16(20)19(2)12-6-4-11(5-7-12)15(18)21/h3-9H,1-2H3,(H2,18,21). The van der Waals surface area contributed by atoms with E-state index in [9.17, 15) is 9.18 Å². The lowest BCUT2D eigenvalue weighted by atomic mass is 10.1. The third-order valence-corrected chi connectivity index (χ3v) is 3.43. The third kappa shape index (κ3) is 3.25. The molecule has 0 aromatic heterocycles. The number of hydrogen-bond acceptors (Lipinski definition) is 2. The zero-order chi connectivity index (χ0) is 15.6. The molecule has 0 bridgehead atoms. The van der Waals surface area contributed by atoms with Gasteiger partial charge in [0.25, 0.3) is 5.91 Å². The maximum absolute atomic E-state index is 13.9. The van der Waals surface area contributed by atoms with Gasteiger partial charge in [0.1, 0.15) is 10.8 Å². The first-order chi connectivity index (χ1) is 9.90. The summed E-state index contributed by atoms with van der Waals surface area (Å²) >= 11 is 4.88. The molecule has 0 radical (unpaired) electrons. The largest absolute Gasteiger partial charge is 0.389 e. The number of nitrogens with zero attached hydrogens (tertiary/aromatic N) is 1. The molecule has 0 saturated carbocycles. The van der Waals surface area contributed by atoms with Gasteiger partial charge >= 0.3 is 0 Å². The van der Waals surface area contributed by atoms with Crippen LogP contribution in [0.15, 0.2) is 42.5 Å². The van der Waals surface area contributed by atoms with Crippen LogP contribution in [-0.2, 0) is 0 Å². The maximum atomic E-state index is 13.9. The fourth-order valence-electron chi connectivity index (χ4n) is 1.94. The molecule has 2 N–H and O–H groups in total. The van der Waals surface area contributed by atoms with Gasteiger partial charge in [0.2, 0.25) is 0 Å². The van der Waals surface area contributed by atoms with Crippen molar-refractivity contribution in [2.45, 2.75) is 6.92 Å². The highest BCUT2D eigenvalue weighted by molar-refractivity contribution is 7.80. The van der Waals surface area contributed by atoms with Crippen LogP contribution in [0.2, 0.25) is 0 Å². The van der Waals surface area contributed by atoms with Crippen LogP contribution in [0.25, 0.3) is 0 Å². The number of carbonyl (C=O) groups excluding carboxylic acids is 1. The molecular weight excluding hydrogens is 287 g/mol. The van der Waals surface area contributed by atoms with Crippen LogP contribution in [0.1, 0.15) is 21.5 Å². The minimum atomic E-state index is -0.522. The summed E-state index contributed by atoms with van der Waals surface area (Å²) in [5.41, 5.74) is 7.70. The molecule has 0 fully saturated rings. The molecule has 1 amide bonds. The molecule has 21 heavy (non-hydrogen) atoms. The van der Waals surface area contributed by atoms with Crippen molar-refractivity contribution in [1.82, 2.24) is 0 Å². The van der Waals surface area contributed by atoms with E-state index in [0.717, 1.165) is 11.1 Å². The fraction of sp³-hybridized carbons (Fsp3) is 0.125. The Balaban J connectivity index is 2.28. The van der Waals surface area contributed by atoms with E-state index in [-0.39, 0.29) is 5.56 Å². The first-order valence-electron chi connectivity index (χ1n) is 6.34. The monoisotopic (exact) mass is 302 g/mol. The zero-order valence-corrected chi connectivity index (χ0v) is 12.6. The predicted octanol–water partition coefficient (Wildman–Crippen LogP) is 3.04. The van der Waals surface area contributed by atoms with E-state index in [1.54, 1.807) is 44.3 Å². The molecule has 2 rings (SSSR count). The molecule has 0 atom stereocenters. The fourth-order valence-corrected chi connectivity index (χ4v) is 2.08. The number of carbonyl (C=O) groups is 1. The highest BCUT2D eigenvalue weighted by Crippen LogP contribution is 2.18. The molecule has 0 saturated heterocycles. The molecule has 0 aliphatic heterocycles. The quantitative estimate of drug-likeness (QED) is 0.886. The predicted molar refractivity (Wildman–Crippen MR) is 86.2 cm³/mol. The lowest BCUT2D eigenvalue weighted by Gasteiger charge is -2.18. The van der Waals surface area contributed by atoms with Crippen molar-refractivity contribution in [3.63, 3.8) is 0 Å². The molecule has 0 spiro atoms. The Hall–Kier alpha value is -2.27. The van der Waals surface area contributed by atoms with Gasteiger partial charge in [-0.1, -0.05) is 18.3 Å². The first kappa shape index (κ1) is 15.1. The Morgan fingerprint density at radius 2 is 1.81 bits per heavy atom. The Kier molecular flexibility index (Phi) is 4.33. The molecule has 2 aromatic carbocycles. The van der Waals surface area contributed by atoms with Crippen LogP contribution >= 0.6 is 12.2 Å². The molecule has 0 unspecified atom stereocenters. The number of halogens is 1. The molecule has 0 aliphatic carbocycles. The van der Waals surface area contributed by atoms with Crippen LogP contribution < -0.4 is 10.6 Å². The summed E-state index contributed by atoms with van der Waals surface area (Å²) in [6.45, 7) is 1.77. The van der Waals surface area contributed by atoms with Gasteiger partial charge in [-0.3, -0.25) is 4.79 Å². The molecule has 2 aromatic rings.